The van der Waals surface area contributed by atoms with Crippen LogP contribution in [-0.4, -0.2) is 77.6 Å². The maximum Gasteiger partial charge on any atom is 0.0793 e. The molecular formula is C19H28N4O2. The zero-order valence-corrected chi connectivity index (χ0v) is 15.1. The number of hydrogen-bond acceptors (Lipinski definition) is 5. The molecule has 1 aliphatic heterocycles. The highest BCUT2D eigenvalue weighted by atomic mass is 16.5. The smallest absolute Gasteiger partial charge is 0.0793 e. The van der Waals surface area contributed by atoms with Crippen molar-refractivity contribution in [1.82, 2.24) is 20.0 Å². The Hall–Kier alpha value is -1.73. The van der Waals surface area contributed by atoms with Crippen LogP contribution >= 0.6 is 0 Å². The van der Waals surface area contributed by atoms with Crippen LogP contribution in [0.3, 0.4) is 0 Å². The van der Waals surface area contributed by atoms with Gasteiger partial charge in [0.15, 0.2) is 0 Å². The molecule has 1 unspecified atom stereocenters. The van der Waals surface area contributed by atoms with E-state index >= 15 is 0 Å². The molecule has 2 N–H and O–H groups in total. The first-order chi connectivity index (χ1) is 12.1. The molecule has 136 valence electrons. The molecule has 0 bridgehead atoms. The van der Waals surface area contributed by atoms with Crippen LogP contribution in [0.4, 0.5) is 0 Å². The second-order valence-corrected chi connectivity index (χ2v) is 6.90. The topological polar surface area (TPSA) is 64.6 Å². The summed E-state index contributed by atoms with van der Waals surface area (Å²) in [6, 6.07) is 8.44. The average Bonchev–Trinajstić information content (AvgIpc) is 3.04. The number of nitrogens with zero attached hydrogens (tertiary/aromatic N) is 3. The van der Waals surface area contributed by atoms with E-state index in [1.165, 1.54) is 5.56 Å². The number of likely N-dealkylation sites (N-methyl/N-ethyl adjacent to an activating group) is 1. The molecular weight excluding hydrogens is 316 g/mol. The van der Waals surface area contributed by atoms with Crippen LogP contribution in [0.1, 0.15) is 11.1 Å². The molecule has 0 amide bonds. The van der Waals surface area contributed by atoms with Gasteiger partial charge in [0.05, 0.1) is 31.2 Å². The third kappa shape index (κ3) is 5.12. The van der Waals surface area contributed by atoms with E-state index in [1.807, 2.05) is 13.2 Å². The minimum absolute atomic E-state index is 0.363. The first-order valence-corrected chi connectivity index (χ1v) is 8.88. The summed E-state index contributed by atoms with van der Waals surface area (Å²) in [6.45, 7) is 7.50. The standard InChI is InChI=1S/C19H28N4O2/c1-15-3-5-16(6-4-15)19-17(11-20-21-19)12-22(2)13-18(24)14-23-7-9-25-10-8-23/h3-6,11,18,24H,7-10,12-14H2,1-2H3,(H,20,21). The third-order valence-electron chi connectivity index (χ3n) is 4.59. The van der Waals surface area contributed by atoms with Crippen LogP contribution in [0.15, 0.2) is 30.5 Å². The Kier molecular flexibility index (Phi) is 6.20. The van der Waals surface area contributed by atoms with E-state index in [0.717, 1.165) is 49.7 Å². The highest BCUT2D eigenvalue weighted by Crippen LogP contribution is 2.22. The molecule has 1 aromatic carbocycles. The van der Waals surface area contributed by atoms with E-state index in [0.29, 0.717) is 13.1 Å². The molecule has 1 aliphatic rings. The lowest BCUT2D eigenvalue weighted by molar-refractivity contribution is 0.00826. The molecule has 6 nitrogen and oxygen atoms in total. The van der Waals surface area contributed by atoms with E-state index in [4.69, 9.17) is 4.74 Å². The lowest BCUT2D eigenvalue weighted by atomic mass is 10.1. The molecule has 1 fully saturated rings. The fraction of sp³-hybridized carbons (Fsp3) is 0.526. The van der Waals surface area contributed by atoms with Crippen LogP contribution in [0.5, 0.6) is 0 Å². The Morgan fingerprint density at radius 3 is 2.72 bits per heavy atom. The first kappa shape index (κ1) is 18.1. The number of H-pyrrole nitrogens is 1. The van der Waals surface area contributed by atoms with Crippen molar-refractivity contribution in [2.45, 2.75) is 19.6 Å². The normalized spacial score (nSPS) is 17.1. The molecule has 0 radical (unpaired) electrons. The fourth-order valence-corrected chi connectivity index (χ4v) is 3.26. The molecule has 0 spiro atoms. The van der Waals surface area contributed by atoms with Gasteiger partial charge in [-0.1, -0.05) is 29.8 Å². The largest absolute Gasteiger partial charge is 0.390 e. The summed E-state index contributed by atoms with van der Waals surface area (Å²) in [4.78, 5) is 4.41. The number of ether oxygens (including phenoxy) is 1. The Balaban J connectivity index is 1.55. The van der Waals surface area contributed by atoms with Crippen molar-refractivity contribution in [3.8, 4) is 11.3 Å². The van der Waals surface area contributed by atoms with Crippen molar-refractivity contribution in [1.29, 1.82) is 0 Å². The third-order valence-corrected chi connectivity index (χ3v) is 4.59. The summed E-state index contributed by atoms with van der Waals surface area (Å²) < 4.78 is 5.35. The Morgan fingerprint density at radius 1 is 1.28 bits per heavy atom. The lowest BCUT2D eigenvalue weighted by Gasteiger charge is -2.30. The minimum Gasteiger partial charge on any atom is -0.390 e. The number of aromatic nitrogens is 2. The summed E-state index contributed by atoms with van der Waals surface area (Å²) >= 11 is 0. The number of hydrogen-bond donors (Lipinski definition) is 2. The van der Waals surface area contributed by atoms with Crippen molar-refractivity contribution < 1.29 is 9.84 Å². The number of benzene rings is 1. The van der Waals surface area contributed by atoms with Gasteiger partial charge in [-0.3, -0.25) is 14.9 Å². The second-order valence-electron chi connectivity index (χ2n) is 6.90. The quantitative estimate of drug-likeness (QED) is 0.797. The van der Waals surface area contributed by atoms with Gasteiger partial charge in [-0.25, -0.2) is 0 Å². The molecule has 0 aliphatic carbocycles. The number of rotatable bonds is 7. The van der Waals surface area contributed by atoms with Gasteiger partial charge in [-0.15, -0.1) is 0 Å². The first-order valence-electron chi connectivity index (χ1n) is 8.88. The highest BCUT2D eigenvalue weighted by Gasteiger charge is 2.17. The summed E-state index contributed by atoms with van der Waals surface area (Å²) in [6.07, 6.45) is 1.51. The molecule has 6 heteroatoms. The van der Waals surface area contributed by atoms with Gasteiger partial charge >= 0.3 is 0 Å². The molecule has 1 atom stereocenters. The number of aromatic amines is 1. The highest BCUT2D eigenvalue weighted by molar-refractivity contribution is 5.62. The Morgan fingerprint density at radius 2 is 2.00 bits per heavy atom. The van der Waals surface area contributed by atoms with Crippen molar-refractivity contribution in [3.05, 3.63) is 41.6 Å². The lowest BCUT2D eigenvalue weighted by Crippen LogP contribution is -2.43. The van der Waals surface area contributed by atoms with E-state index < -0.39 is 0 Å². The van der Waals surface area contributed by atoms with Gasteiger partial charge in [0.1, 0.15) is 0 Å². The van der Waals surface area contributed by atoms with E-state index in [2.05, 4.69) is 51.2 Å². The van der Waals surface area contributed by atoms with Crippen molar-refractivity contribution in [3.63, 3.8) is 0 Å². The van der Waals surface area contributed by atoms with Crippen LogP contribution in [0.2, 0.25) is 0 Å². The Labute approximate surface area is 149 Å². The van der Waals surface area contributed by atoms with Gasteiger partial charge in [0.25, 0.3) is 0 Å². The van der Waals surface area contributed by atoms with Gasteiger partial charge in [-0.05, 0) is 19.5 Å². The van der Waals surface area contributed by atoms with Crippen LogP contribution < -0.4 is 0 Å². The predicted octanol–water partition coefficient (Wildman–Crippen LogP) is 1.51. The fourth-order valence-electron chi connectivity index (χ4n) is 3.26. The van der Waals surface area contributed by atoms with E-state index in [1.54, 1.807) is 0 Å². The summed E-state index contributed by atoms with van der Waals surface area (Å²) in [5.74, 6) is 0. The zero-order chi connectivity index (χ0) is 17.6. The second kappa shape index (κ2) is 8.58. The number of β-amino-alcohol motifs (C(OH)–C–C–N with tert-alkyl or cyclic N) is 1. The minimum atomic E-state index is -0.363. The zero-order valence-electron chi connectivity index (χ0n) is 15.1. The van der Waals surface area contributed by atoms with Gasteiger partial charge in [0.2, 0.25) is 0 Å². The SMILES string of the molecule is Cc1ccc(-c2[nH]ncc2CN(C)CC(O)CN2CCOCC2)cc1. The van der Waals surface area contributed by atoms with Crippen LogP contribution in [0.25, 0.3) is 11.3 Å². The molecule has 25 heavy (non-hydrogen) atoms. The number of aryl methyl sites for hydroxylation is 1. The van der Waals surface area contributed by atoms with Crippen molar-refractivity contribution >= 4 is 0 Å². The number of nitrogens with one attached hydrogen (secondary N) is 1. The van der Waals surface area contributed by atoms with Crippen LogP contribution in [0, 0.1) is 6.92 Å². The average molecular weight is 344 g/mol. The Bertz CT molecular complexity index is 650. The number of aliphatic hydroxyl groups is 1. The molecule has 0 saturated carbocycles. The maximum atomic E-state index is 10.4. The number of aliphatic hydroxyl groups excluding tert-OH is 1. The molecule has 3 rings (SSSR count). The van der Waals surface area contributed by atoms with Gasteiger partial charge < -0.3 is 9.84 Å². The molecule has 1 aromatic heterocycles. The van der Waals surface area contributed by atoms with Gasteiger partial charge in [-0.2, -0.15) is 5.10 Å². The molecule has 2 aromatic rings. The number of morpholine rings is 1. The summed E-state index contributed by atoms with van der Waals surface area (Å²) in [5.41, 5.74) is 4.58. The van der Waals surface area contributed by atoms with E-state index in [9.17, 15) is 5.11 Å². The monoisotopic (exact) mass is 344 g/mol. The van der Waals surface area contributed by atoms with Crippen molar-refractivity contribution in [2.75, 3.05) is 46.4 Å². The van der Waals surface area contributed by atoms with E-state index in [-0.39, 0.29) is 6.10 Å². The summed E-state index contributed by atoms with van der Waals surface area (Å²) in [7, 11) is 2.04. The van der Waals surface area contributed by atoms with Gasteiger partial charge in [0, 0.05) is 38.3 Å². The maximum absolute atomic E-state index is 10.4. The molecule has 2 heterocycles. The summed E-state index contributed by atoms with van der Waals surface area (Å²) in [5, 5.41) is 17.7. The molecule has 1 saturated heterocycles. The predicted molar refractivity (Wildman–Crippen MR) is 98.4 cm³/mol. The van der Waals surface area contributed by atoms with Crippen LogP contribution in [-0.2, 0) is 11.3 Å². The van der Waals surface area contributed by atoms with Crippen molar-refractivity contribution in [2.24, 2.45) is 0 Å².